The zero-order valence-electron chi connectivity index (χ0n) is 26.7. The summed E-state index contributed by atoms with van der Waals surface area (Å²) in [5, 5.41) is 4.74. The van der Waals surface area contributed by atoms with Crippen LogP contribution >= 0.6 is 0 Å². The third kappa shape index (κ3) is 4.37. The van der Waals surface area contributed by atoms with Crippen molar-refractivity contribution < 1.29 is 28.2 Å². The number of imidazole rings is 1. The van der Waals surface area contributed by atoms with E-state index in [4.69, 9.17) is 43.3 Å². The highest BCUT2D eigenvalue weighted by molar-refractivity contribution is 5.80. The number of rotatable bonds is 6. The molecule has 0 bridgehead atoms. The van der Waals surface area contributed by atoms with Gasteiger partial charge >= 0.3 is 5.69 Å². The second kappa shape index (κ2) is 11.2. The van der Waals surface area contributed by atoms with E-state index in [0.717, 1.165) is 75.6 Å². The lowest BCUT2D eigenvalue weighted by molar-refractivity contribution is -0.231. The molecule has 5 aliphatic rings. The van der Waals surface area contributed by atoms with E-state index >= 15 is 0 Å². The summed E-state index contributed by atoms with van der Waals surface area (Å²) in [7, 11) is 5.58. The summed E-state index contributed by atoms with van der Waals surface area (Å²) in [4.78, 5) is 26.1. The molecule has 244 valence electrons. The predicted molar refractivity (Wildman–Crippen MR) is 162 cm³/mol. The minimum Gasteiger partial charge on any atom is -0.471 e. The number of fused-ring (bicyclic) bond motifs is 4. The van der Waals surface area contributed by atoms with Gasteiger partial charge in [-0.3, -0.25) is 14.0 Å². The van der Waals surface area contributed by atoms with Crippen LogP contribution in [0.15, 0.2) is 9.32 Å². The largest absolute Gasteiger partial charge is 0.471 e. The van der Waals surface area contributed by atoms with Crippen molar-refractivity contribution in [2.75, 3.05) is 47.1 Å². The quantitative estimate of drug-likeness (QED) is 0.401. The SMILES string of the molecule is CO[C@H]1CCN(C)[C@@H]1[C@H](C)Oc1nc(-c2onc3c2CCC[C@@]32CCCCC23OCCO3)nc2c1n(C)c(=O)n2[C@@H]1CCOC1. The summed E-state index contributed by atoms with van der Waals surface area (Å²) in [6, 6.07) is -0.101. The first-order valence-electron chi connectivity index (χ1n) is 16.6. The van der Waals surface area contributed by atoms with Crippen molar-refractivity contribution in [1.29, 1.82) is 0 Å². The Kier molecular flexibility index (Phi) is 7.32. The number of likely N-dealkylation sites (N-methyl/N-ethyl adjacent to an activating group) is 1. The van der Waals surface area contributed by atoms with Gasteiger partial charge in [-0.15, -0.1) is 0 Å². The molecule has 3 saturated heterocycles. The van der Waals surface area contributed by atoms with E-state index in [1.807, 2.05) is 6.92 Å². The first kappa shape index (κ1) is 29.6. The highest BCUT2D eigenvalue weighted by Gasteiger charge is 2.61. The lowest BCUT2D eigenvalue weighted by Crippen LogP contribution is -2.56. The van der Waals surface area contributed by atoms with Crippen molar-refractivity contribution in [3.05, 3.63) is 21.7 Å². The monoisotopic (exact) mass is 624 g/mol. The maximum atomic E-state index is 13.8. The molecule has 0 amide bonds. The van der Waals surface area contributed by atoms with Gasteiger partial charge < -0.3 is 28.2 Å². The average Bonchev–Trinajstić information content (AvgIpc) is 3.87. The van der Waals surface area contributed by atoms with Crippen LogP contribution in [-0.4, -0.2) is 100 Å². The van der Waals surface area contributed by atoms with E-state index in [0.29, 0.717) is 55.1 Å². The standard InChI is InChI=1S/C32H44N6O7/c1-19(23-22(40-4)9-14-36(23)2)44-29-24-28(38(30(39)37(24)3)20-10-15-41-18-20)33-27(34-29)25-21-8-7-12-31(26(21)35-45-25)11-5-6-13-32(31)42-16-17-43-32/h19-20,22-23H,5-18H2,1-4H3/t19-,20+,22-,23+,31-/m0/s1. The maximum Gasteiger partial charge on any atom is 0.330 e. The second-order valence-electron chi connectivity index (χ2n) is 13.5. The Labute approximate surface area is 262 Å². The lowest BCUT2D eigenvalue weighted by atomic mass is 9.61. The number of likely N-dealkylation sites (tertiary alicyclic amines) is 1. The molecule has 1 saturated carbocycles. The molecule has 13 nitrogen and oxygen atoms in total. The molecule has 3 aliphatic heterocycles. The second-order valence-corrected chi connectivity index (χ2v) is 13.5. The Morgan fingerprint density at radius 3 is 2.60 bits per heavy atom. The normalized spacial score (nSPS) is 30.5. The molecule has 4 fully saturated rings. The van der Waals surface area contributed by atoms with Crippen molar-refractivity contribution in [1.82, 2.24) is 29.2 Å². The molecular weight excluding hydrogens is 580 g/mol. The van der Waals surface area contributed by atoms with Crippen molar-refractivity contribution in [3.8, 4) is 17.5 Å². The summed E-state index contributed by atoms with van der Waals surface area (Å²) in [5.74, 6) is 0.578. The van der Waals surface area contributed by atoms with Gasteiger partial charge in [-0.05, 0) is 58.9 Å². The molecule has 6 heterocycles. The summed E-state index contributed by atoms with van der Waals surface area (Å²) in [6.45, 7) is 5.19. The molecular formula is C32H44N6O7. The molecule has 45 heavy (non-hydrogen) atoms. The van der Waals surface area contributed by atoms with Gasteiger partial charge in [0.25, 0.3) is 0 Å². The van der Waals surface area contributed by atoms with Crippen LogP contribution in [0.2, 0.25) is 0 Å². The molecule has 0 radical (unpaired) electrons. The summed E-state index contributed by atoms with van der Waals surface area (Å²) < 4.78 is 40.6. The van der Waals surface area contributed by atoms with Crippen molar-refractivity contribution in [2.45, 2.75) is 100 Å². The van der Waals surface area contributed by atoms with Crippen molar-refractivity contribution in [3.63, 3.8) is 0 Å². The Morgan fingerprint density at radius 2 is 1.82 bits per heavy atom. The van der Waals surface area contributed by atoms with Gasteiger partial charge in [0.1, 0.15) is 6.10 Å². The van der Waals surface area contributed by atoms with E-state index in [-0.39, 0.29) is 35.4 Å². The van der Waals surface area contributed by atoms with Gasteiger partial charge in [0.2, 0.25) is 17.5 Å². The number of aromatic nitrogens is 5. The maximum absolute atomic E-state index is 13.8. The zero-order chi connectivity index (χ0) is 30.9. The van der Waals surface area contributed by atoms with Crippen LogP contribution in [0.1, 0.15) is 75.6 Å². The molecule has 3 aromatic rings. The average molecular weight is 625 g/mol. The lowest BCUT2D eigenvalue weighted by Gasteiger charge is -2.50. The Hall–Kier alpha value is -2.84. The molecule has 8 rings (SSSR count). The van der Waals surface area contributed by atoms with Crippen LogP contribution in [0, 0.1) is 0 Å². The highest BCUT2D eigenvalue weighted by atomic mass is 16.7. The fraction of sp³-hybridized carbons (Fsp3) is 0.750. The van der Waals surface area contributed by atoms with Crippen LogP contribution in [0.4, 0.5) is 0 Å². The summed E-state index contributed by atoms with van der Waals surface area (Å²) in [5.41, 5.74) is 2.45. The van der Waals surface area contributed by atoms with Gasteiger partial charge in [-0.2, -0.15) is 4.98 Å². The summed E-state index contributed by atoms with van der Waals surface area (Å²) in [6.07, 6.45) is 8.05. The van der Waals surface area contributed by atoms with Gasteiger partial charge in [-0.1, -0.05) is 11.6 Å². The van der Waals surface area contributed by atoms with Crippen LogP contribution in [0.25, 0.3) is 22.7 Å². The number of ether oxygens (including phenoxy) is 5. The van der Waals surface area contributed by atoms with Crippen molar-refractivity contribution in [2.24, 2.45) is 7.05 Å². The molecule has 5 atom stereocenters. The minimum atomic E-state index is -0.670. The first-order chi connectivity index (χ1) is 21.9. The Morgan fingerprint density at radius 1 is 1.02 bits per heavy atom. The van der Waals surface area contributed by atoms with E-state index in [1.165, 1.54) is 0 Å². The topological polar surface area (TPSA) is 128 Å². The summed E-state index contributed by atoms with van der Waals surface area (Å²) >= 11 is 0. The zero-order valence-corrected chi connectivity index (χ0v) is 26.7. The van der Waals surface area contributed by atoms with Crippen LogP contribution in [0.5, 0.6) is 5.88 Å². The minimum absolute atomic E-state index is 0.0256. The van der Waals surface area contributed by atoms with Gasteiger partial charge in [0, 0.05) is 39.3 Å². The molecule has 13 heteroatoms. The predicted octanol–water partition coefficient (Wildman–Crippen LogP) is 3.12. The molecule has 2 aliphatic carbocycles. The molecule has 0 unspecified atom stereocenters. The van der Waals surface area contributed by atoms with Crippen LogP contribution < -0.4 is 10.4 Å². The van der Waals surface area contributed by atoms with Gasteiger partial charge in [-0.25, -0.2) is 9.78 Å². The molecule has 3 aromatic heterocycles. The Bertz CT molecular complexity index is 1640. The molecule has 2 spiro atoms. The van der Waals surface area contributed by atoms with Gasteiger partial charge in [0.05, 0.1) is 49.1 Å². The number of hydrogen-bond donors (Lipinski definition) is 0. The fourth-order valence-electron chi connectivity index (χ4n) is 9.05. The van der Waals surface area contributed by atoms with E-state index in [2.05, 4.69) is 11.9 Å². The van der Waals surface area contributed by atoms with Crippen LogP contribution in [-0.2, 0) is 37.8 Å². The number of nitrogens with zero attached hydrogens (tertiary/aromatic N) is 6. The first-order valence-corrected chi connectivity index (χ1v) is 16.6. The third-order valence-corrected chi connectivity index (χ3v) is 11.2. The van der Waals surface area contributed by atoms with E-state index in [9.17, 15) is 4.79 Å². The highest BCUT2D eigenvalue weighted by Crippen LogP contribution is 2.57. The van der Waals surface area contributed by atoms with Crippen molar-refractivity contribution >= 4 is 11.2 Å². The van der Waals surface area contributed by atoms with Crippen LogP contribution in [0.3, 0.4) is 0 Å². The number of hydrogen-bond acceptors (Lipinski definition) is 11. The third-order valence-electron chi connectivity index (χ3n) is 11.2. The smallest absolute Gasteiger partial charge is 0.330 e. The Balaban J connectivity index is 1.28. The molecule has 0 aromatic carbocycles. The fourth-order valence-corrected chi connectivity index (χ4v) is 9.05. The van der Waals surface area contributed by atoms with E-state index in [1.54, 1.807) is 23.3 Å². The number of methoxy groups -OCH3 is 1. The number of aryl methyl sites for hydroxylation is 1. The van der Waals surface area contributed by atoms with Gasteiger partial charge in [0.15, 0.2) is 17.0 Å². The molecule has 0 N–H and O–H groups in total. The van der Waals surface area contributed by atoms with E-state index < -0.39 is 5.79 Å².